The average molecular weight is 484 g/mol. The minimum absolute atomic E-state index is 0.0198. The number of nitrogens with zero attached hydrogens (tertiary/aromatic N) is 2. The molecule has 0 aliphatic heterocycles. The van der Waals surface area contributed by atoms with E-state index in [4.69, 9.17) is 5.41 Å². The number of Topliss-reactive ketones (excluding diaryl/α,β-unsaturated/α-hetero) is 1. The Morgan fingerprint density at radius 3 is 1.86 bits per heavy atom. The highest BCUT2D eigenvalue weighted by Crippen LogP contribution is 2.32. The lowest BCUT2D eigenvalue weighted by molar-refractivity contribution is -0.128. The van der Waals surface area contributed by atoms with Crippen LogP contribution in [0.2, 0.25) is 0 Å². The number of aryl methyl sites for hydroxylation is 1. The quantitative estimate of drug-likeness (QED) is 0.263. The number of aromatic nitrogens is 1. The fourth-order valence-electron chi connectivity index (χ4n) is 4.07. The normalized spacial score (nSPS) is 10.6. The van der Waals surface area contributed by atoms with E-state index >= 15 is 0 Å². The van der Waals surface area contributed by atoms with E-state index in [9.17, 15) is 14.4 Å². The van der Waals surface area contributed by atoms with Gasteiger partial charge in [-0.05, 0) is 56.2 Å². The molecule has 186 valence electrons. The molecule has 1 amide bonds. The second kappa shape index (κ2) is 11.6. The third kappa shape index (κ3) is 5.95. The number of rotatable bonds is 7. The maximum atomic E-state index is 13.1. The van der Waals surface area contributed by atoms with E-state index in [-0.39, 0.29) is 17.5 Å². The number of nitrogens with one attached hydrogen (secondary N) is 1. The van der Waals surface area contributed by atoms with Crippen molar-refractivity contribution in [2.45, 2.75) is 40.2 Å². The topological polar surface area (TPSA) is 83.2 Å². The van der Waals surface area contributed by atoms with E-state index < -0.39 is 0 Å². The number of carbonyl (C=O) groups is 3. The molecule has 0 aliphatic carbocycles. The molecule has 4 aromatic rings. The molecule has 0 saturated carbocycles. The molecule has 4 rings (SSSR count). The third-order valence-corrected chi connectivity index (χ3v) is 5.91. The highest BCUT2D eigenvalue weighted by molar-refractivity contribution is 6.15. The fraction of sp³-hybridized carbons (Fsp3) is 0.267. The van der Waals surface area contributed by atoms with Crippen LogP contribution in [0.4, 0.5) is 0 Å². The van der Waals surface area contributed by atoms with Crippen LogP contribution in [-0.2, 0) is 16.1 Å². The van der Waals surface area contributed by atoms with Crippen LogP contribution in [0.15, 0.2) is 66.7 Å². The van der Waals surface area contributed by atoms with Gasteiger partial charge in [0.05, 0.1) is 0 Å². The zero-order valence-corrected chi connectivity index (χ0v) is 21.6. The van der Waals surface area contributed by atoms with Crippen molar-refractivity contribution in [1.82, 2.24) is 9.47 Å². The van der Waals surface area contributed by atoms with Gasteiger partial charge in [-0.1, -0.05) is 43.3 Å². The Bertz CT molecular complexity index is 1430. The van der Waals surface area contributed by atoms with E-state index in [1.165, 1.54) is 13.8 Å². The summed E-state index contributed by atoms with van der Waals surface area (Å²) in [7, 11) is 3.52. The highest BCUT2D eigenvalue weighted by atomic mass is 16.2. The summed E-state index contributed by atoms with van der Waals surface area (Å²) in [6, 6.07) is 21.1. The number of hydrogen-bond acceptors (Lipinski definition) is 4. The summed E-state index contributed by atoms with van der Waals surface area (Å²) >= 11 is 0. The number of carbonyl (C=O) groups excluding carboxylic acids is 3. The van der Waals surface area contributed by atoms with Gasteiger partial charge in [0.2, 0.25) is 5.91 Å². The van der Waals surface area contributed by atoms with E-state index in [1.54, 1.807) is 19.0 Å². The fourth-order valence-corrected chi connectivity index (χ4v) is 4.07. The first-order valence-corrected chi connectivity index (χ1v) is 12.0. The first-order valence-electron chi connectivity index (χ1n) is 12.0. The number of ketones is 2. The Morgan fingerprint density at radius 1 is 0.806 bits per heavy atom. The monoisotopic (exact) mass is 483 g/mol. The van der Waals surface area contributed by atoms with Gasteiger partial charge in [0.25, 0.3) is 0 Å². The first kappa shape index (κ1) is 26.5. The molecule has 1 aromatic heterocycles. The van der Waals surface area contributed by atoms with E-state index in [2.05, 4.69) is 4.57 Å². The van der Waals surface area contributed by atoms with Crippen molar-refractivity contribution in [2.75, 3.05) is 14.1 Å². The number of benzene rings is 3. The van der Waals surface area contributed by atoms with Crippen molar-refractivity contribution in [1.29, 1.82) is 5.41 Å². The number of amides is 1. The van der Waals surface area contributed by atoms with Crippen LogP contribution in [0.25, 0.3) is 21.8 Å². The molecule has 0 unspecified atom stereocenters. The van der Waals surface area contributed by atoms with Crippen LogP contribution in [0.3, 0.4) is 0 Å². The summed E-state index contributed by atoms with van der Waals surface area (Å²) in [5, 5.41) is 10.2. The summed E-state index contributed by atoms with van der Waals surface area (Å²) in [5.41, 5.74) is 4.72. The van der Waals surface area contributed by atoms with Gasteiger partial charge in [-0.3, -0.25) is 9.59 Å². The summed E-state index contributed by atoms with van der Waals surface area (Å²) < 4.78 is 2.14. The van der Waals surface area contributed by atoms with Gasteiger partial charge in [0.1, 0.15) is 5.78 Å². The lowest BCUT2D eigenvalue weighted by Crippen LogP contribution is -2.22. The lowest BCUT2D eigenvalue weighted by atomic mass is 10.00. The minimum atomic E-state index is -0.0198. The average Bonchev–Trinajstić information content (AvgIpc) is 3.18. The van der Waals surface area contributed by atoms with Crippen LogP contribution >= 0.6 is 0 Å². The van der Waals surface area contributed by atoms with Gasteiger partial charge in [0.15, 0.2) is 5.78 Å². The molecule has 1 heterocycles. The van der Waals surface area contributed by atoms with Gasteiger partial charge < -0.3 is 19.7 Å². The number of fused-ring (bicyclic) bond motifs is 3. The van der Waals surface area contributed by atoms with E-state index in [0.717, 1.165) is 27.4 Å². The molecule has 6 nitrogen and oxygen atoms in total. The Morgan fingerprint density at radius 2 is 1.33 bits per heavy atom. The molecule has 1 N–H and O–H groups in total. The van der Waals surface area contributed by atoms with Crippen LogP contribution in [0, 0.1) is 5.41 Å². The van der Waals surface area contributed by atoms with Crippen LogP contribution in [-0.4, -0.2) is 46.7 Å². The predicted octanol–water partition coefficient (Wildman–Crippen LogP) is 5.88. The van der Waals surface area contributed by atoms with Gasteiger partial charge >= 0.3 is 0 Å². The summed E-state index contributed by atoms with van der Waals surface area (Å²) in [4.78, 5) is 36.3. The molecule has 0 radical (unpaired) electrons. The van der Waals surface area contributed by atoms with Crippen LogP contribution in [0.5, 0.6) is 0 Å². The predicted molar refractivity (Wildman–Crippen MR) is 146 cm³/mol. The van der Waals surface area contributed by atoms with Gasteiger partial charge in [-0.15, -0.1) is 0 Å². The Labute approximate surface area is 212 Å². The summed E-state index contributed by atoms with van der Waals surface area (Å²) in [6.45, 7) is 5.58. The van der Waals surface area contributed by atoms with Gasteiger partial charge in [0, 0.05) is 65.7 Å². The van der Waals surface area contributed by atoms with Crippen molar-refractivity contribution >= 4 is 45.0 Å². The first-order chi connectivity index (χ1) is 17.1. The van der Waals surface area contributed by atoms with E-state index in [1.807, 2.05) is 73.7 Å². The molecule has 0 spiro atoms. The maximum Gasteiger partial charge on any atom is 0.223 e. The second-order valence-electron chi connectivity index (χ2n) is 9.09. The van der Waals surface area contributed by atoms with Crippen molar-refractivity contribution in [2.24, 2.45) is 0 Å². The minimum Gasteiger partial charge on any atom is -0.349 e. The standard InChI is InChI=1S/C27H27N3O2.C3H6O/c1-4-23(28)19-10-12-24-21(16-19)22-17-20(27(32)18-8-6-5-7-9-18)11-13-25(22)30(24)15-14-26(31)29(2)3;1-3(2)4/h5-13,16-17,28H,4,14-15H2,1-3H3;1-2H3. The molecular formula is C30H33N3O3. The zero-order chi connectivity index (χ0) is 26.4. The molecule has 6 heteroatoms. The van der Waals surface area contributed by atoms with Gasteiger partial charge in [-0.25, -0.2) is 0 Å². The molecule has 0 saturated heterocycles. The van der Waals surface area contributed by atoms with Crippen LogP contribution in [0.1, 0.15) is 55.1 Å². The molecule has 3 aromatic carbocycles. The smallest absolute Gasteiger partial charge is 0.223 e. The molecule has 0 fully saturated rings. The van der Waals surface area contributed by atoms with Crippen molar-refractivity contribution in [3.05, 3.63) is 83.4 Å². The molecule has 36 heavy (non-hydrogen) atoms. The molecular weight excluding hydrogens is 450 g/mol. The van der Waals surface area contributed by atoms with Crippen molar-refractivity contribution < 1.29 is 14.4 Å². The highest BCUT2D eigenvalue weighted by Gasteiger charge is 2.17. The van der Waals surface area contributed by atoms with Crippen LogP contribution < -0.4 is 0 Å². The van der Waals surface area contributed by atoms with E-state index in [0.29, 0.717) is 36.2 Å². The Balaban J connectivity index is 0.000000840. The number of hydrogen-bond donors (Lipinski definition) is 1. The van der Waals surface area contributed by atoms with Crippen molar-refractivity contribution in [3.63, 3.8) is 0 Å². The Kier molecular flexibility index (Phi) is 8.54. The SMILES string of the molecule is CC(C)=O.CCC(=N)c1ccc2c(c1)c1cc(C(=O)c3ccccc3)ccc1n2CCC(=O)N(C)C. The third-order valence-electron chi connectivity index (χ3n) is 5.91. The van der Waals surface area contributed by atoms with Crippen molar-refractivity contribution in [3.8, 4) is 0 Å². The summed E-state index contributed by atoms with van der Waals surface area (Å²) in [5.74, 6) is 0.217. The maximum absolute atomic E-state index is 13.1. The Hall–Kier alpha value is -4.06. The molecule has 0 bridgehead atoms. The molecule has 0 atom stereocenters. The zero-order valence-electron chi connectivity index (χ0n) is 21.6. The lowest BCUT2D eigenvalue weighted by Gasteiger charge is -2.12. The largest absolute Gasteiger partial charge is 0.349 e. The molecule has 0 aliphatic rings. The van der Waals surface area contributed by atoms with Gasteiger partial charge in [-0.2, -0.15) is 0 Å². The second-order valence-corrected chi connectivity index (χ2v) is 9.09. The summed E-state index contributed by atoms with van der Waals surface area (Å²) in [6.07, 6.45) is 1.04.